The molecule has 0 saturated heterocycles. The van der Waals surface area contributed by atoms with E-state index in [1.807, 2.05) is 25.1 Å². The molecule has 18 heavy (non-hydrogen) atoms. The molecule has 0 radical (unpaired) electrons. The number of aliphatic hydroxyl groups excluding tert-OH is 1. The number of hydrogen-bond donors (Lipinski definition) is 2. The Balaban J connectivity index is 2.49. The molecule has 0 amide bonds. The van der Waals surface area contributed by atoms with Gasteiger partial charge in [0, 0.05) is 6.04 Å². The van der Waals surface area contributed by atoms with Crippen LogP contribution in [0.25, 0.3) is 0 Å². The van der Waals surface area contributed by atoms with Gasteiger partial charge >= 0.3 is 0 Å². The number of nitrogens with one attached hydrogen (secondary N) is 1. The summed E-state index contributed by atoms with van der Waals surface area (Å²) in [6.07, 6.45) is 0.559. The van der Waals surface area contributed by atoms with Gasteiger partial charge in [0.15, 0.2) is 0 Å². The quantitative estimate of drug-likeness (QED) is 0.828. The largest absolute Gasteiger partial charge is 0.393 e. The minimum Gasteiger partial charge on any atom is -0.393 e. The lowest BCUT2D eigenvalue weighted by Gasteiger charge is -2.19. The smallest absolute Gasteiger partial charge is 0.0595 e. The van der Waals surface area contributed by atoms with Crippen LogP contribution in [0.3, 0.4) is 0 Å². The third-order valence-corrected chi connectivity index (χ3v) is 3.70. The average molecular weight is 290 g/mol. The Morgan fingerprint density at radius 2 is 1.83 bits per heavy atom. The van der Waals surface area contributed by atoms with Gasteiger partial charge in [0.25, 0.3) is 0 Å². The first-order valence-corrected chi connectivity index (χ1v) is 7.02. The van der Waals surface area contributed by atoms with Crippen LogP contribution in [0.4, 0.5) is 0 Å². The molecule has 1 aromatic carbocycles. The van der Waals surface area contributed by atoms with Crippen molar-refractivity contribution in [1.82, 2.24) is 5.32 Å². The summed E-state index contributed by atoms with van der Waals surface area (Å²) in [4.78, 5) is 0. The van der Waals surface area contributed by atoms with Gasteiger partial charge in [-0.2, -0.15) is 0 Å². The van der Waals surface area contributed by atoms with Gasteiger partial charge in [-0.05, 0) is 50.4 Å². The summed E-state index contributed by atoms with van der Waals surface area (Å²) in [5.41, 5.74) is 1.12. The summed E-state index contributed by atoms with van der Waals surface area (Å²) in [5.74, 6) is 0.440. The van der Waals surface area contributed by atoms with Gasteiger partial charge in [-0.1, -0.05) is 36.2 Å². The van der Waals surface area contributed by atoms with E-state index in [0.717, 1.165) is 18.5 Å². The molecule has 1 aromatic rings. The van der Waals surface area contributed by atoms with E-state index < -0.39 is 0 Å². The average Bonchev–Trinajstić information content (AvgIpc) is 2.28. The fourth-order valence-electron chi connectivity index (χ4n) is 1.94. The summed E-state index contributed by atoms with van der Waals surface area (Å²) in [7, 11) is 0. The lowest BCUT2D eigenvalue weighted by molar-refractivity contribution is 0.162. The number of halogens is 2. The second-order valence-corrected chi connectivity index (χ2v) is 5.81. The summed E-state index contributed by atoms with van der Waals surface area (Å²) in [6, 6.07) is 5.90. The number of hydrogen-bond acceptors (Lipinski definition) is 2. The molecule has 0 aliphatic carbocycles. The van der Waals surface area contributed by atoms with Crippen molar-refractivity contribution in [1.29, 1.82) is 0 Å². The second-order valence-electron chi connectivity index (χ2n) is 4.99. The first-order chi connectivity index (χ1) is 8.40. The first-order valence-electron chi connectivity index (χ1n) is 6.26. The summed E-state index contributed by atoms with van der Waals surface area (Å²) in [5, 5.41) is 13.9. The minimum absolute atomic E-state index is 0.219. The fraction of sp³-hybridized carbons (Fsp3) is 0.571. The van der Waals surface area contributed by atoms with Gasteiger partial charge in [0.1, 0.15) is 0 Å². The van der Waals surface area contributed by atoms with Crippen LogP contribution in [0, 0.1) is 5.92 Å². The highest BCUT2D eigenvalue weighted by atomic mass is 35.5. The molecule has 0 spiro atoms. The first kappa shape index (κ1) is 15.8. The van der Waals surface area contributed by atoms with Crippen LogP contribution in [0.1, 0.15) is 38.8 Å². The topological polar surface area (TPSA) is 32.3 Å². The maximum atomic E-state index is 9.31. The van der Waals surface area contributed by atoms with Crippen molar-refractivity contribution in [2.45, 2.75) is 39.3 Å². The Kier molecular flexibility index (Phi) is 6.44. The van der Waals surface area contributed by atoms with Crippen LogP contribution in [-0.4, -0.2) is 17.8 Å². The van der Waals surface area contributed by atoms with E-state index in [1.165, 1.54) is 0 Å². The zero-order valence-corrected chi connectivity index (χ0v) is 12.6. The third-order valence-electron chi connectivity index (χ3n) is 2.96. The van der Waals surface area contributed by atoms with Crippen molar-refractivity contribution < 1.29 is 5.11 Å². The van der Waals surface area contributed by atoms with Crippen molar-refractivity contribution >= 4 is 23.2 Å². The summed E-state index contributed by atoms with van der Waals surface area (Å²) >= 11 is 11.9. The SMILES string of the molecule is CC(O)CC(C)CNC(C)c1ccc(Cl)c(Cl)c1. The molecule has 0 aliphatic heterocycles. The number of benzene rings is 1. The lowest BCUT2D eigenvalue weighted by Crippen LogP contribution is -2.26. The number of rotatable bonds is 6. The molecule has 2 N–H and O–H groups in total. The predicted molar refractivity (Wildman–Crippen MR) is 78.3 cm³/mol. The van der Waals surface area contributed by atoms with Crippen LogP contribution in [-0.2, 0) is 0 Å². The molecule has 0 saturated carbocycles. The zero-order valence-electron chi connectivity index (χ0n) is 11.1. The molecule has 1 rings (SSSR count). The molecule has 0 heterocycles. The monoisotopic (exact) mass is 289 g/mol. The summed E-state index contributed by atoms with van der Waals surface area (Å²) in [6.45, 7) is 6.90. The molecule has 4 heteroatoms. The van der Waals surface area contributed by atoms with E-state index >= 15 is 0 Å². The van der Waals surface area contributed by atoms with Gasteiger partial charge in [-0.25, -0.2) is 0 Å². The van der Waals surface area contributed by atoms with E-state index in [-0.39, 0.29) is 12.1 Å². The van der Waals surface area contributed by atoms with Gasteiger partial charge in [0.2, 0.25) is 0 Å². The van der Waals surface area contributed by atoms with Crippen LogP contribution < -0.4 is 5.32 Å². The maximum absolute atomic E-state index is 9.31. The predicted octanol–water partition coefficient (Wildman–Crippen LogP) is 4.05. The highest BCUT2D eigenvalue weighted by Crippen LogP contribution is 2.25. The van der Waals surface area contributed by atoms with Crippen molar-refractivity contribution in [2.75, 3.05) is 6.54 Å². The lowest BCUT2D eigenvalue weighted by atomic mass is 10.0. The maximum Gasteiger partial charge on any atom is 0.0595 e. The molecule has 0 fully saturated rings. The number of aliphatic hydroxyl groups is 1. The van der Waals surface area contributed by atoms with Crippen molar-refractivity contribution in [3.8, 4) is 0 Å². The van der Waals surface area contributed by atoms with E-state index in [0.29, 0.717) is 16.0 Å². The zero-order chi connectivity index (χ0) is 13.7. The van der Waals surface area contributed by atoms with E-state index in [4.69, 9.17) is 23.2 Å². The molecule has 102 valence electrons. The molecule has 2 nitrogen and oxygen atoms in total. The Morgan fingerprint density at radius 3 is 2.39 bits per heavy atom. The van der Waals surface area contributed by atoms with Crippen LogP contribution in [0.2, 0.25) is 10.0 Å². The summed E-state index contributed by atoms with van der Waals surface area (Å²) < 4.78 is 0. The van der Waals surface area contributed by atoms with Gasteiger partial charge in [-0.3, -0.25) is 0 Å². The Labute approximate surface area is 119 Å². The van der Waals surface area contributed by atoms with Gasteiger partial charge < -0.3 is 10.4 Å². The fourth-order valence-corrected chi connectivity index (χ4v) is 2.25. The molecular weight excluding hydrogens is 269 g/mol. The standard InChI is InChI=1S/C14H21Cl2NO/c1-9(6-10(2)18)8-17-11(3)12-4-5-13(15)14(16)7-12/h4-5,7,9-11,17-18H,6,8H2,1-3H3. The van der Waals surface area contributed by atoms with E-state index in [1.54, 1.807) is 0 Å². The van der Waals surface area contributed by atoms with Crippen LogP contribution in [0.15, 0.2) is 18.2 Å². The Hall–Kier alpha value is -0.280. The molecule has 0 aliphatic rings. The highest BCUT2D eigenvalue weighted by molar-refractivity contribution is 6.42. The van der Waals surface area contributed by atoms with E-state index in [9.17, 15) is 5.11 Å². The van der Waals surface area contributed by atoms with Crippen LogP contribution >= 0.6 is 23.2 Å². The van der Waals surface area contributed by atoms with Crippen molar-refractivity contribution in [3.63, 3.8) is 0 Å². The van der Waals surface area contributed by atoms with E-state index in [2.05, 4.69) is 19.2 Å². The van der Waals surface area contributed by atoms with Gasteiger partial charge in [0.05, 0.1) is 16.1 Å². The molecule has 0 bridgehead atoms. The second kappa shape index (κ2) is 7.34. The van der Waals surface area contributed by atoms with Crippen LogP contribution in [0.5, 0.6) is 0 Å². The highest BCUT2D eigenvalue weighted by Gasteiger charge is 2.10. The molecule has 0 aromatic heterocycles. The third kappa shape index (κ3) is 5.15. The Bertz CT molecular complexity index is 382. The van der Waals surface area contributed by atoms with Crippen molar-refractivity contribution in [3.05, 3.63) is 33.8 Å². The normalized spacial score (nSPS) is 16.3. The van der Waals surface area contributed by atoms with Crippen molar-refractivity contribution in [2.24, 2.45) is 5.92 Å². The minimum atomic E-state index is -0.248. The molecule has 3 unspecified atom stereocenters. The Morgan fingerprint density at radius 1 is 1.17 bits per heavy atom. The molecule has 3 atom stereocenters. The molecular formula is C14H21Cl2NO. The van der Waals surface area contributed by atoms with Gasteiger partial charge in [-0.15, -0.1) is 0 Å².